The molecule has 0 radical (unpaired) electrons. The van der Waals surface area contributed by atoms with Gasteiger partial charge < -0.3 is 0 Å². The van der Waals surface area contributed by atoms with E-state index in [2.05, 4.69) is 10.5 Å². The Hall–Kier alpha value is -0.790. The van der Waals surface area contributed by atoms with Crippen molar-refractivity contribution in [2.75, 3.05) is 0 Å². The quantitative estimate of drug-likeness (QED) is 0.639. The number of nitrogens with one attached hydrogen (secondary N) is 1. The molecule has 0 aliphatic rings. The number of rotatable bonds is 4. The lowest BCUT2D eigenvalue weighted by Gasteiger charge is -2.17. The molecule has 0 aliphatic heterocycles. The molecule has 0 fully saturated rings. The maximum atomic E-state index is 12.1. The second kappa shape index (κ2) is 5.03. The summed E-state index contributed by atoms with van der Waals surface area (Å²) >= 11 is 5.81. The zero-order valence-electron chi connectivity index (χ0n) is 8.55. The van der Waals surface area contributed by atoms with Crippen molar-refractivity contribution < 1.29 is 13.2 Å². The Labute approximate surface area is 95.5 Å². The first-order valence-corrected chi connectivity index (χ1v) is 4.93. The second-order valence-electron chi connectivity index (χ2n) is 3.37. The maximum Gasteiger partial charge on any atom is 0.389 e. The van der Waals surface area contributed by atoms with Gasteiger partial charge in [-0.3, -0.25) is 16.0 Å². The first-order valence-electron chi connectivity index (χ1n) is 4.55. The Morgan fingerprint density at radius 3 is 2.62 bits per heavy atom. The molecular weight excluding hydrogens is 245 g/mol. The predicted octanol–water partition coefficient (Wildman–Crippen LogP) is 1.92. The topological polar surface area (TPSA) is 55.9 Å². The second-order valence-corrected chi connectivity index (χ2v) is 3.78. The summed E-state index contributed by atoms with van der Waals surface area (Å²) in [4.78, 5) is 0. The fraction of sp³-hybridized carbons (Fsp3) is 0.625. The van der Waals surface area contributed by atoms with E-state index in [1.54, 1.807) is 7.05 Å². The van der Waals surface area contributed by atoms with Crippen LogP contribution in [-0.4, -0.2) is 16.0 Å². The number of aromatic nitrogens is 2. The molecule has 16 heavy (non-hydrogen) atoms. The van der Waals surface area contributed by atoms with Gasteiger partial charge in [-0.25, -0.2) is 0 Å². The van der Waals surface area contributed by atoms with Crippen LogP contribution < -0.4 is 11.3 Å². The fourth-order valence-corrected chi connectivity index (χ4v) is 1.72. The molecule has 0 spiro atoms. The number of nitrogens with two attached hydrogens (primary N) is 1. The number of hydrogen-bond donors (Lipinski definition) is 2. The van der Waals surface area contributed by atoms with E-state index >= 15 is 0 Å². The average Bonchev–Trinajstić information content (AvgIpc) is 2.48. The SMILES string of the molecule is Cn1ncc(Cl)c1C(CCC(F)(F)F)NN. The predicted molar refractivity (Wildman–Crippen MR) is 53.6 cm³/mol. The first-order chi connectivity index (χ1) is 7.35. The van der Waals surface area contributed by atoms with Gasteiger partial charge in [0.1, 0.15) is 0 Å². The highest BCUT2D eigenvalue weighted by molar-refractivity contribution is 6.31. The van der Waals surface area contributed by atoms with Crippen LogP contribution in [0.3, 0.4) is 0 Å². The largest absolute Gasteiger partial charge is 0.389 e. The van der Waals surface area contributed by atoms with Crippen LogP contribution in [0, 0.1) is 0 Å². The Bertz CT molecular complexity index is 330. The molecule has 0 saturated heterocycles. The number of hydrogen-bond acceptors (Lipinski definition) is 3. The van der Waals surface area contributed by atoms with Gasteiger partial charge in [-0.1, -0.05) is 11.6 Å². The molecule has 0 aromatic carbocycles. The van der Waals surface area contributed by atoms with Crippen LogP contribution in [0.25, 0.3) is 0 Å². The highest BCUT2D eigenvalue weighted by Crippen LogP contribution is 2.29. The lowest BCUT2D eigenvalue weighted by Crippen LogP contribution is -2.30. The summed E-state index contributed by atoms with van der Waals surface area (Å²) in [6, 6.07) is -0.665. The van der Waals surface area contributed by atoms with Crippen LogP contribution >= 0.6 is 11.6 Å². The molecule has 0 amide bonds. The minimum atomic E-state index is -4.21. The molecule has 8 heteroatoms. The van der Waals surface area contributed by atoms with Gasteiger partial charge in [0.2, 0.25) is 0 Å². The summed E-state index contributed by atoms with van der Waals surface area (Å²) < 4.78 is 37.6. The number of nitrogens with zero attached hydrogens (tertiary/aromatic N) is 2. The van der Waals surface area contributed by atoms with Crippen molar-refractivity contribution in [2.45, 2.75) is 25.1 Å². The average molecular weight is 257 g/mol. The smallest absolute Gasteiger partial charge is 0.271 e. The van der Waals surface area contributed by atoms with E-state index in [4.69, 9.17) is 17.4 Å². The summed E-state index contributed by atoms with van der Waals surface area (Å²) in [5.41, 5.74) is 2.77. The van der Waals surface area contributed by atoms with E-state index < -0.39 is 18.6 Å². The van der Waals surface area contributed by atoms with Crippen LogP contribution in [0.15, 0.2) is 6.20 Å². The normalized spacial score (nSPS) is 14.1. The molecule has 1 unspecified atom stereocenters. The molecule has 1 atom stereocenters. The molecule has 1 aromatic heterocycles. The van der Waals surface area contributed by atoms with Crippen LogP contribution in [0.4, 0.5) is 13.2 Å². The minimum Gasteiger partial charge on any atom is -0.271 e. The van der Waals surface area contributed by atoms with Gasteiger partial charge in [0, 0.05) is 13.5 Å². The van der Waals surface area contributed by atoms with Gasteiger partial charge in [-0.15, -0.1) is 0 Å². The van der Waals surface area contributed by atoms with E-state index in [-0.39, 0.29) is 6.42 Å². The Kier molecular flexibility index (Phi) is 4.17. The van der Waals surface area contributed by atoms with E-state index in [0.717, 1.165) is 0 Å². The summed E-state index contributed by atoms with van der Waals surface area (Å²) in [5, 5.41) is 4.14. The van der Waals surface area contributed by atoms with Gasteiger partial charge in [0.25, 0.3) is 0 Å². The van der Waals surface area contributed by atoms with Crippen molar-refractivity contribution >= 4 is 11.6 Å². The number of aryl methyl sites for hydroxylation is 1. The first kappa shape index (κ1) is 13.3. The van der Waals surface area contributed by atoms with Crippen molar-refractivity contribution in [3.05, 3.63) is 16.9 Å². The molecule has 0 aliphatic carbocycles. The zero-order valence-corrected chi connectivity index (χ0v) is 9.31. The van der Waals surface area contributed by atoms with Gasteiger partial charge in [-0.05, 0) is 6.42 Å². The third-order valence-electron chi connectivity index (χ3n) is 2.19. The van der Waals surface area contributed by atoms with Crippen molar-refractivity contribution in [2.24, 2.45) is 12.9 Å². The van der Waals surface area contributed by atoms with Gasteiger partial charge in [0.05, 0.1) is 23.0 Å². The summed E-state index contributed by atoms with van der Waals surface area (Å²) in [6.07, 6.45) is -3.95. The van der Waals surface area contributed by atoms with Crippen LogP contribution in [0.5, 0.6) is 0 Å². The zero-order chi connectivity index (χ0) is 12.3. The Balaban J connectivity index is 2.75. The summed E-state index contributed by atoms with van der Waals surface area (Å²) in [5.74, 6) is 5.21. The Morgan fingerprint density at radius 2 is 2.25 bits per heavy atom. The molecular formula is C8H12ClF3N4. The fourth-order valence-electron chi connectivity index (χ4n) is 1.42. The van der Waals surface area contributed by atoms with Crippen molar-refractivity contribution in [3.8, 4) is 0 Å². The highest BCUT2D eigenvalue weighted by Gasteiger charge is 2.29. The third kappa shape index (κ3) is 3.36. The number of halogens is 4. The highest BCUT2D eigenvalue weighted by atomic mass is 35.5. The molecule has 4 nitrogen and oxygen atoms in total. The van der Waals surface area contributed by atoms with Crippen molar-refractivity contribution in [3.63, 3.8) is 0 Å². The minimum absolute atomic E-state index is 0.181. The monoisotopic (exact) mass is 256 g/mol. The van der Waals surface area contributed by atoms with Crippen molar-refractivity contribution in [1.82, 2.24) is 15.2 Å². The molecule has 92 valence electrons. The molecule has 1 aromatic rings. The standard InChI is InChI=1S/C8H12ClF3N4/c1-16-7(5(9)4-14-16)6(15-13)2-3-8(10,11)12/h4,6,15H,2-3,13H2,1H3. The Morgan fingerprint density at radius 1 is 1.62 bits per heavy atom. The number of hydrazine groups is 1. The maximum absolute atomic E-state index is 12.1. The van der Waals surface area contributed by atoms with Gasteiger partial charge in [0.15, 0.2) is 0 Å². The van der Waals surface area contributed by atoms with E-state index in [0.29, 0.717) is 10.7 Å². The van der Waals surface area contributed by atoms with E-state index in [1.165, 1.54) is 10.9 Å². The van der Waals surface area contributed by atoms with Crippen LogP contribution in [0.2, 0.25) is 5.02 Å². The molecule has 1 heterocycles. The van der Waals surface area contributed by atoms with Crippen LogP contribution in [-0.2, 0) is 7.05 Å². The lowest BCUT2D eigenvalue weighted by atomic mass is 10.1. The molecule has 0 saturated carbocycles. The van der Waals surface area contributed by atoms with Crippen molar-refractivity contribution in [1.29, 1.82) is 0 Å². The summed E-state index contributed by atoms with van der Waals surface area (Å²) in [6.45, 7) is 0. The van der Waals surface area contributed by atoms with Crippen LogP contribution in [0.1, 0.15) is 24.6 Å². The van der Waals surface area contributed by atoms with E-state index in [1.807, 2.05) is 0 Å². The lowest BCUT2D eigenvalue weighted by molar-refractivity contribution is -0.136. The van der Waals surface area contributed by atoms with Gasteiger partial charge in [-0.2, -0.15) is 18.3 Å². The van der Waals surface area contributed by atoms with Gasteiger partial charge >= 0.3 is 6.18 Å². The number of alkyl halides is 3. The molecule has 3 N–H and O–H groups in total. The molecule has 0 bridgehead atoms. The third-order valence-corrected chi connectivity index (χ3v) is 2.48. The summed E-state index contributed by atoms with van der Waals surface area (Å²) in [7, 11) is 1.60. The van der Waals surface area contributed by atoms with E-state index in [9.17, 15) is 13.2 Å². The molecule has 1 rings (SSSR count).